The predicted octanol–water partition coefficient (Wildman–Crippen LogP) is 3.77. The molecule has 31 heavy (non-hydrogen) atoms. The van der Waals surface area contributed by atoms with Gasteiger partial charge in [0.05, 0.1) is 22.0 Å². The molecule has 7 nitrogen and oxygen atoms in total. The number of benzene rings is 1. The van der Waals surface area contributed by atoms with Gasteiger partial charge in [0.1, 0.15) is 11.5 Å². The predicted molar refractivity (Wildman–Crippen MR) is 110 cm³/mol. The second-order valence-electron chi connectivity index (χ2n) is 8.12. The summed E-state index contributed by atoms with van der Waals surface area (Å²) in [7, 11) is -3.41. The number of hydrogen-bond donors (Lipinski definition) is 0. The normalized spacial score (nSPS) is 17.4. The van der Waals surface area contributed by atoms with E-state index in [2.05, 4.69) is 9.97 Å². The standard InChI is InChI=1S/C20H22F3N5O2S/c1-11(2)17-18-25-13-9-12(3)15(31(4,29)30)10-14(13)27(18)7-8-28(17)19-24-6-5-16(26-19)20(21,22)23/h5-6,9-11,17H,7-8H2,1-4H3/t17-/m1/s1. The average molecular weight is 453 g/mol. The maximum atomic E-state index is 13.2. The Kier molecular flexibility index (Phi) is 4.99. The SMILES string of the molecule is Cc1cc2nc3n(c2cc1S(C)(=O)=O)CCN(c1nccc(C(F)(F)F)n1)[C@@H]3C(C)C. The van der Waals surface area contributed by atoms with Crippen LogP contribution in [0.1, 0.15) is 37.0 Å². The molecular weight excluding hydrogens is 431 g/mol. The van der Waals surface area contributed by atoms with E-state index in [4.69, 9.17) is 4.98 Å². The number of fused-ring (bicyclic) bond motifs is 3. The second-order valence-corrected chi connectivity index (χ2v) is 10.1. The van der Waals surface area contributed by atoms with E-state index in [-0.39, 0.29) is 22.8 Å². The number of rotatable bonds is 3. The Morgan fingerprint density at radius 1 is 1.16 bits per heavy atom. The molecule has 3 heterocycles. The topological polar surface area (TPSA) is 81.0 Å². The van der Waals surface area contributed by atoms with E-state index in [1.54, 1.807) is 24.0 Å². The van der Waals surface area contributed by atoms with Crippen LogP contribution in [0, 0.1) is 12.8 Å². The van der Waals surface area contributed by atoms with Crippen LogP contribution in [0.15, 0.2) is 29.3 Å². The van der Waals surface area contributed by atoms with Crippen molar-refractivity contribution in [1.29, 1.82) is 0 Å². The van der Waals surface area contributed by atoms with Gasteiger partial charge in [-0.25, -0.2) is 23.4 Å². The summed E-state index contributed by atoms with van der Waals surface area (Å²) < 4.78 is 65.8. The Bertz CT molecular complexity index is 1270. The minimum absolute atomic E-state index is 0.000151. The first kappa shape index (κ1) is 21.5. The second kappa shape index (κ2) is 7.18. The fraction of sp³-hybridized carbons (Fsp3) is 0.450. The largest absolute Gasteiger partial charge is 0.433 e. The molecule has 0 bridgehead atoms. The zero-order valence-electron chi connectivity index (χ0n) is 17.5. The van der Waals surface area contributed by atoms with Gasteiger partial charge in [0.2, 0.25) is 5.95 Å². The number of aromatic nitrogens is 4. The molecule has 11 heteroatoms. The van der Waals surface area contributed by atoms with Crippen LogP contribution in [0.5, 0.6) is 0 Å². The highest BCUT2D eigenvalue weighted by molar-refractivity contribution is 7.90. The number of alkyl halides is 3. The average Bonchev–Trinajstić information content (AvgIpc) is 3.02. The smallest absolute Gasteiger partial charge is 0.329 e. The van der Waals surface area contributed by atoms with Crippen molar-refractivity contribution in [2.45, 2.75) is 44.4 Å². The van der Waals surface area contributed by atoms with Gasteiger partial charge in [-0.3, -0.25) is 0 Å². The van der Waals surface area contributed by atoms with E-state index in [9.17, 15) is 21.6 Å². The third kappa shape index (κ3) is 3.75. The molecule has 0 spiro atoms. The molecule has 0 unspecified atom stereocenters. The number of halogens is 3. The summed E-state index contributed by atoms with van der Waals surface area (Å²) in [6.07, 6.45) is -2.28. The van der Waals surface area contributed by atoms with Gasteiger partial charge in [-0.2, -0.15) is 13.2 Å². The van der Waals surface area contributed by atoms with Crippen molar-refractivity contribution in [3.63, 3.8) is 0 Å². The highest BCUT2D eigenvalue weighted by atomic mass is 32.2. The van der Waals surface area contributed by atoms with Gasteiger partial charge in [-0.15, -0.1) is 0 Å². The zero-order valence-corrected chi connectivity index (χ0v) is 18.3. The Morgan fingerprint density at radius 2 is 1.87 bits per heavy atom. The van der Waals surface area contributed by atoms with Crippen LogP contribution >= 0.6 is 0 Å². The van der Waals surface area contributed by atoms with Crippen LogP contribution in [0.2, 0.25) is 0 Å². The summed E-state index contributed by atoms with van der Waals surface area (Å²) in [5.74, 6) is 0.645. The summed E-state index contributed by atoms with van der Waals surface area (Å²) in [5, 5.41) is 0. The maximum Gasteiger partial charge on any atom is 0.433 e. The Morgan fingerprint density at radius 3 is 2.48 bits per heavy atom. The summed E-state index contributed by atoms with van der Waals surface area (Å²) in [6.45, 7) is 6.41. The van der Waals surface area contributed by atoms with Crippen LogP contribution in [0.3, 0.4) is 0 Å². The van der Waals surface area contributed by atoms with Gasteiger partial charge in [0.25, 0.3) is 0 Å². The van der Waals surface area contributed by atoms with E-state index in [0.717, 1.165) is 18.5 Å². The molecule has 3 aromatic rings. The molecule has 0 fully saturated rings. The quantitative estimate of drug-likeness (QED) is 0.601. The van der Waals surface area contributed by atoms with Gasteiger partial charge in [-0.05, 0) is 36.6 Å². The van der Waals surface area contributed by atoms with E-state index in [0.29, 0.717) is 35.5 Å². The molecule has 1 aliphatic rings. The summed E-state index contributed by atoms with van der Waals surface area (Å²) in [6, 6.07) is 3.85. The van der Waals surface area contributed by atoms with Crippen LogP contribution in [-0.4, -0.2) is 40.7 Å². The van der Waals surface area contributed by atoms with E-state index >= 15 is 0 Å². The monoisotopic (exact) mass is 453 g/mol. The van der Waals surface area contributed by atoms with Gasteiger partial charge in [-0.1, -0.05) is 13.8 Å². The van der Waals surface area contributed by atoms with Crippen molar-refractivity contribution in [2.75, 3.05) is 17.7 Å². The molecule has 0 saturated carbocycles. The van der Waals surface area contributed by atoms with Gasteiger partial charge in [0.15, 0.2) is 9.84 Å². The van der Waals surface area contributed by atoms with Crippen LogP contribution < -0.4 is 4.90 Å². The third-order valence-electron chi connectivity index (χ3n) is 5.46. The zero-order chi connectivity index (χ0) is 22.7. The molecule has 0 N–H and O–H groups in total. The molecule has 1 atom stereocenters. The number of hydrogen-bond acceptors (Lipinski definition) is 6. The lowest BCUT2D eigenvalue weighted by Crippen LogP contribution is -2.42. The van der Waals surface area contributed by atoms with Crippen molar-refractivity contribution in [3.8, 4) is 0 Å². The molecule has 0 saturated heterocycles. The minimum atomic E-state index is -4.56. The first-order valence-electron chi connectivity index (χ1n) is 9.75. The van der Waals surface area contributed by atoms with Crippen molar-refractivity contribution in [1.82, 2.24) is 19.5 Å². The first-order chi connectivity index (χ1) is 14.4. The number of aryl methyl sites for hydroxylation is 1. The van der Waals surface area contributed by atoms with E-state index in [1.165, 1.54) is 0 Å². The highest BCUT2D eigenvalue weighted by Crippen LogP contribution is 2.38. The Labute approximate surface area is 177 Å². The number of nitrogens with zero attached hydrogens (tertiary/aromatic N) is 5. The highest BCUT2D eigenvalue weighted by Gasteiger charge is 2.37. The molecule has 1 aliphatic heterocycles. The molecule has 0 amide bonds. The third-order valence-corrected chi connectivity index (χ3v) is 6.70. The summed E-state index contributed by atoms with van der Waals surface area (Å²) >= 11 is 0. The van der Waals surface area contributed by atoms with Crippen molar-refractivity contribution in [3.05, 3.63) is 41.5 Å². The van der Waals surface area contributed by atoms with Gasteiger partial charge >= 0.3 is 6.18 Å². The number of anilines is 1. The van der Waals surface area contributed by atoms with Gasteiger partial charge in [0, 0.05) is 25.5 Å². The summed E-state index contributed by atoms with van der Waals surface area (Å²) in [4.78, 5) is 14.6. The molecule has 0 radical (unpaired) electrons. The lowest BCUT2D eigenvalue weighted by Gasteiger charge is -2.38. The fourth-order valence-corrected chi connectivity index (χ4v) is 5.12. The first-order valence-corrected chi connectivity index (χ1v) is 11.6. The van der Waals surface area contributed by atoms with Crippen molar-refractivity contribution < 1.29 is 21.6 Å². The van der Waals surface area contributed by atoms with Crippen LogP contribution in [0.4, 0.5) is 19.1 Å². The molecule has 2 aromatic heterocycles. The molecule has 4 rings (SSSR count). The van der Waals surface area contributed by atoms with Crippen molar-refractivity contribution >= 4 is 26.8 Å². The van der Waals surface area contributed by atoms with Crippen LogP contribution in [0.25, 0.3) is 11.0 Å². The number of sulfone groups is 1. The lowest BCUT2D eigenvalue weighted by atomic mass is 10.00. The molecular formula is C20H22F3N5O2S. The Hall–Kier alpha value is -2.69. The maximum absolute atomic E-state index is 13.2. The fourth-order valence-electron chi connectivity index (χ4n) is 4.15. The Balaban J connectivity index is 1.86. The van der Waals surface area contributed by atoms with Gasteiger partial charge < -0.3 is 9.47 Å². The molecule has 1 aromatic carbocycles. The lowest BCUT2D eigenvalue weighted by molar-refractivity contribution is -0.141. The van der Waals surface area contributed by atoms with Crippen molar-refractivity contribution in [2.24, 2.45) is 5.92 Å². The molecule has 166 valence electrons. The van der Waals surface area contributed by atoms with E-state index in [1.807, 2.05) is 18.4 Å². The van der Waals surface area contributed by atoms with Crippen LogP contribution in [-0.2, 0) is 22.6 Å². The number of imidazole rings is 1. The minimum Gasteiger partial charge on any atom is -0.329 e. The molecule has 0 aliphatic carbocycles. The van der Waals surface area contributed by atoms with E-state index < -0.39 is 21.7 Å². The summed E-state index contributed by atoms with van der Waals surface area (Å²) in [5.41, 5.74) is 0.950.